The average Bonchev–Trinajstić information content (AvgIpc) is 2.74. The van der Waals surface area contributed by atoms with Crippen molar-refractivity contribution < 1.29 is 4.79 Å². The smallest absolute Gasteiger partial charge is 0.252 e. The Labute approximate surface area is 107 Å². The molecule has 2 rings (SSSR count). The molecular weight excluding hydrogens is 232 g/mol. The molecule has 1 aliphatic rings. The number of carbonyl (C=O) groups excluding carboxylic acids is 1. The largest absolute Gasteiger partial charge is 0.351 e. The molecule has 2 heterocycles. The third kappa shape index (κ3) is 3.07. The molecule has 4 heteroatoms. The minimum Gasteiger partial charge on any atom is -0.351 e. The zero-order chi connectivity index (χ0) is 12.3. The van der Waals surface area contributed by atoms with Crippen LogP contribution >= 0.6 is 11.3 Å². The van der Waals surface area contributed by atoms with Gasteiger partial charge in [-0.3, -0.25) is 4.79 Å². The SMILES string of the molecule is Cc1cscc1C(=O)NCC1(C)CCNCC1. The summed E-state index contributed by atoms with van der Waals surface area (Å²) in [6, 6.07) is 0. The monoisotopic (exact) mass is 252 g/mol. The van der Waals surface area contributed by atoms with E-state index in [2.05, 4.69) is 17.6 Å². The van der Waals surface area contributed by atoms with Gasteiger partial charge in [-0.1, -0.05) is 6.92 Å². The van der Waals surface area contributed by atoms with E-state index in [1.54, 1.807) is 11.3 Å². The van der Waals surface area contributed by atoms with Gasteiger partial charge in [0.15, 0.2) is 0 Å². The van der Waals surface area contributed by atoms with E-state index in [1.165, 1.54) is 0 Å². The summed E-state index contributed by atoms with van der Waals surface area (Å²) in [6.07, 6.45) is 2.27. The van der Waals surface area contributed by atoms with E-state index < -0.39 is 0 Å². The first-order valence-electron chi connectivity index (χ1n) is 6.12. The molecule has 1 aromatic rings. The van der Waals surface area contributed by atoms with Gasteiger partial charge < -0.3 is 10.6 Å². The highest BCUT2D eigenvalue weighted by atomic mass is 32.1. The summed E-state index contributed by atoms with van der Waals surface area (Å²) in [5, 5.41) is 10.4. The summed E-state index contributed by atoms with van der Waals surface area (Å²) < 4.78 is 0. The molecule has 3 nitrogen and oxygen atoms in total. The van der Waals surface area contributed by atoms with Crippen molar-refractivity contribution in [2.75, 3.05) is 19.6 Å². The maximum absolute atomic E-state index is 12.0. The Morgan fingerprint density at radius 3 is 2.76 bits per heavy atom. The first-order valence-corrected chi connectivity index (χ1v) is 7.07. The van der Waals surface area contributed by atoms with Crippen molar-refractivity contribution >= 4 is 17.2 Å². The van der Waals surface area contributed by atoms with Crippen LogP contribution in [-0.2, 0) is 0 Å². The number of piperidine rings is 1. The molecule has 1 saturated heterocycles. The average molecular weight is 252 g/mol. The van der Waals surface area contributed by atoms with Crippen molar-refractivity contribution in [3.63, 3.8) is 0 Å². The predicted octanol–water partition coefficient (Wildman–Crippen LogP) is 2.18. The molecule has 2 N–H and O–H groups in total. The Bertz CT molecular complexity index is 394. The van der Waals surface area contributed by atoms with Crippen molar-refractivity contribution in [1.82, 2.24) is 10.6 Å². The second-order valence-corrected chi connectivity index (χ2v) is 5.96. The zero-order valence-electron chi connectivity index (χ0n) is 10.5. The highest BCUT2D eigenvalue weighted by Crippen LogP contribution is 2.26. The van der Waals surface area contributed by atoms with Gasteiger partial charge in [0.1, 0.15) is 0 Å². The Kier molecular flexibility index (Phi) is 3.84. The topological polar surface area (TPSA) is 41.1 Å². The van der Waals surface area contributed by atoms with Gasteiger partial charge >= 0.3 is 0 Å². The quantitative estimate of drug-likeness (QED) is 0.865. The number of hydrogen-bond donors (Lipinski definition) is 2. The van der Waals surface area contributed by atoms with Crippen LogP contribution in [0.15, 0.2) is 10.8 Å². The molecule has 1 fully saturated rings. The summed E-state index contributed by atoms with van der Waals surface area (Å²) in [6.45, 7) is 7.14. The zero-order valence-corrected chi connectivity index (χ0v) is 11.3. The van der Waals surface area contributed by atoms with Crippen LogP contribution < -0.4 is 10.6 Å². The van der Waals surface area contributed by atoms with Crippen LogP contribution in [0.4, 0.5) is 0 Å². The van der Waals surface area contributed by atoms with E-state index in [1.807, 2.05) is 17.7 Å². The third-order valence-electron chi connectivity index (χ3n) is 3.59. The van der Waals surface area contributed by atoms with Crippen LogP contribution in [0.25, 0.3) is 0 Å². The normalized spacial score (nSPS) is 18.9. The lowest BCUT2D eigenvalue weighted by Gasteiger charge is -2.34. The van der Waals surface area contributed by atoms with Crippen LogP contribution in [-0.4, -0.2) is 25.5 Å². The molecule has 0 aromatic carbocycles. The number of thiophene rings is 1. The predicted molar refractivity (Wildman–Crippen MR) is 71.6 cm³/mol. The van der Waals surface area contributed by atoms with Gasteiger partial charge in [-0.05, 0) is 49.2 Å². The number of aryl methyl sites for hydroxylation is 1. The molecule has 0 atom stereocenters. The molecule has 0 radical (unpaired) electrons. The fraction of sp³-hybridized carbons (Fsp3) is 0.615. The lowest BCUT2D eigenvalue weighted by atomic mass is 9.81. The van der Waals surface area contributed by atoms with Crippen LogP contribution in [0.1, 0.15) is 35.7 Å². The maximum atomic E-state index is 12.0. The second kappa shape index (κ2) is 5.19. The fourth-order valence-electron chi connectivity index (χ4n) is 2.19. The fourth-order valence-corrected chi connectivity index (χ4v) is 3.02. The van der Waals surface area contributed by atoms with Crippen molar-refractivity contribution in [3.05, 3.63) is 21.9 Å². The molecule has 94 valence electrons. The van der Waals surface area contributed by atoms with Gasteiger partial charge in [0.2, 0.25) is 0 Å². The first-order chi connectivity index (χ1) is 8.11. The van der Waals surface area contributed by atoms with Crippen molar-refractivity contribution in [2.45, 2.75) is 26.7 Å². The molecule has 0 aliphatic carbocycles. The summed E-state index contributed by atoms with van der Waals surface area (Å²) in [5.74, 6) is 0.0727. The minimum atomic E-state index is 0.0727. The van der Waals surface area contributed by atoms with E-state index in [0.29, 0.717) is 0 Å². The maximum Gasteiger partial charge on any atom is 0.252 e. The van der Waals surface area contributed by atoms with Crippen LogP contribution in [0.5, 0.6) is 0 Å². The van der Waals surface area contributed by atoms with E-state index in [9.17, 15) is 4.79 Å². The molecule has 1 aromatic heterocycles. The molecule has 0 unspecified atom stereocenters. The van der Waals surface area contributed by atoms with Gasteiger partial charge in [0, 0.05) is 11.9 Å². The van der Waals surface area contributed by atoms with Crippen molar-refractivity contribution in [3.8, 4) is 0 Å². The van der Waals surface area contributed by atoms with Gasteiger partial charge in [-0.25, -0.2) is 0 Å². The summed E-state index contributed by atoms with van der Waals surface area (Å²) >= 11 is 1.58. The standard InChI is InChI=1S/C13H20N2OS/c1-10-7-17-8-11(10)12(16)15-9-13(2)3-5-14-6-4-13/h7-8,14H,3-6,9H2,1-2H3,(H,15,16). The van der Waals surface area contributed by atoms with E-state index in [4.69, 9.17) is 0 Å². The van der Waals surface area contributed by atoms with Crippen molar-refractivity contribution in [2.24, 2.45) is 5.41 Å². The Balaban J connectivity index is 1.90. The van der Waals surface area contributed by atoms with Gasteiger partial charge in [0.05, 0.1) is 5.56 Å². The molecular formula is C13H20N2OS. The highest BCUT2D eigenvalue weighted by molar-refractivity contribution is 7.08. The van der Waals surface area contributed by atoms with Crippen molar-refractivity contribution in [1.29, 1.82) is 0 Å². The lowest BCUT2D eigenvalue weighted by molar-refractivity contribution is 0.0922. The van der Waals surface area contributed by atoms with Crippen LogP contribution in [0, 0.1) is 12.3 Å². The number of hydrogen-bond acceptors (Lipinski definition) is 3. The molecule has 1 amide bonds. The lowest BCUT2D eigenvalue weighted by Crippen LogP contribution is -2.42. The minimum absolute atomic E-state index is 0.0727. The number of amides is 1. The number of nitrogens with one attached hydrogen (secondary N) is 2. The summed E-state index contributed by atoms with van der Waals surface area (Å²) in [7, 11) is 0. The van der Waals surface area contributed by atoms with E-state index in [0.717, 1.165) is 43.6 Å². The summed E-state index contributed by atoms with van der Waals surface area (Å²) in [5.41, 5.74) is 2.15. The highest BCUT2D eigenvalue weighted by Gasteiger charge is 2.27. The van der Waals surface area contributed by atoms with E-state index in [-0.39, 0.29) is 11.3 Å². The van der Waals surface area contributed by atoms with Gasteiger partial charge in [-0.2, -0.15) is 11.3 Å². The summed E-state index contributed by atoms with van der Waals surface area (Å²) in [4.78, 5) is 12.0. The second-order valence-electron chi connectivity index (χ2n) is 5.21. The van der Waals surface area contributed by atoms with Gasteiger partial charge in [-0.15, -0.1) is 0 Å². The third-order valence-corrected chi connectivity index (χ3v) is 4.45. The Morgan fingerprint density at radius 1 is 1.47 bits per heavy atom. The van der Waals surface area contributed by atoms with Crippen LogP contribution in [0.2, 0.25) is 0 Å². The van der Waals surface area contributed by atoms with Gasteiger partial charge in [0.25, 0.3) is 5.91 Å². The number of rotatable bonds is 3. The Hall–Kier alpha value is -0.870. The van der Waals surface area contributed by atoms with Crippen LogP contribution in [0.3, 0.4) is 0 Å². The Morgan fingerprint density at radius 2 is 2.18 bits per heavy atom. The first kappa shape index (κ1) is 12.6. The number of carbonyl (C=O) groups is 1. The van der Waals surface area contributed by atoms with E-state index >= 15 is 0 Å². The molecule has 17 heavy (non-hydrogen) atoms. The molecule has 0 bridgehead atoms. The molecule has 0 saturated carbocycles. The molecule has 0 spiro atoms. The molecule has 1 aliphatic heterocycles.